The SMILES string of the molecule is CC/C=C\C/C=C\C/C=C\C/C=C\CCCCCC(=O)OCC(COC(=O)C/C=C\C/C=C\C/C=C\CC)OC(=O)CCCCCCCCCCCCCCCC. The van der Waals surface area contributed by atoms with Gasteiger partial charge in [0.15, 0.2) is 6.10 Å². The standard InChI is InChI=1S/C51H84O6/c1-4-7-10-13-16-19-21-23-25-26-28-29-32-35-38-41-44-50(53)56-47-48(46-55-49(52)43-40-37-34-31-18-15-12-9-6-3)57-51(54)45-42-39-36-33-30-27-24-22-20-17-14-11-8-5-2/h7,9-10,12,16,18-19,23,25,28-29,31,37,40,48H,4-6,8,11,13-15,17,20-22,24,26-27,30,32-36,38-39,41-47H2,1-3H3/b10-7-,12-9-,19-16-,25-23-,29-28-,31-18-,40-37-. The van der Waals surface area contributed by atoms with Crippen LogP contribution in [0.25, 0.3) is 0 Å². The molecule has 1 unspecified atom stereocenters. The van der Waals surface area contributed by atoms with Gasteiger partial charge in [-0.25, -0.2) is 0 Å². The van der Waals surface area contributed by atoms with E-state index in [4.69, 9.17) is 14.2 Å². The molecule has 0 N–H and O–H groups in total. The maximum atomic E-state index is 12.7. The van der Waals surface area contributed by atoms with Crippen molar-refractivity contribution in [1.29, 1.82) is 0 Å². The number of unbranched alkanes of at least 4 members (excludes halogenated alkanes) is 16. The van der Waals surface area contributed by atoms with Crippen LogP contribution in [0.2, 0.25) is 0 Å². The van der Waals surface area contributed by atoms with Crippen molar-refractivity contribution in [2.45, 2.75) is 207 Å². The molecule has 0 radical (unpaired) electrons. The molecule has 0 aliphatic rings. The first-order valence-electron chi connectivity index (χ1n) is 23.1. The zero-order valence-corrected chi connectivity index (χ0v) is 36.8. The van der Waals surface area contributed by atoms with Crippen LogP contribution in [-0.4, -0.2) is 37.2 Å². The average molecular weight is 793 g/mol. The van der Waals surface area contributed by atoms with Crippen LogP contribution >= 0.6 is 0 Å². The number of carbonyl (C=O) groups is 3. The van der Waals surface area contributed by atoms with Crippen LogP contribution in [0.1, 0.15) is 201 Å². The van der Waals surface area contributed by atoms with Crippen LogP contribution < -0.4 is 0 Å². The van der Waals surface area contributed by atoms with E-state index in [9.17, 15) is 14.4 Å². The summed E-state index contributed by atoms with van der Waals surface area (Å²) in [6.45, 7) is 6.26. The van der Waals surface area contributed by atoms with E-state index in [0.717, 1.165) is 89.9 Å². The molecular weight excluding hydrogens is 709 g/mol. The van der Waals surface area contributed by atoms with Crippen molar-refractivity contribution in [2.24, 2.45) is 0 Å². The quantitative estimate of drug-likeness (QED) is 0.0266. The monoisotopic (exact) mass is 793 g/mol. The topological polar surface area (TPSA) is 78.9 Å². The van der Waals surface area contributed by atoms with Gasteiger partial charge in [0.05, 0.1) is 6.42 Å². The van der Waals surface area contributed by atoms with Crippen LogP contribution in [0.15, 0.2) is 85.1 Å². The number of esters is 3. The van der Waals surface area contributed by atoms with Gasteiger partial charge in [0, 0.05) is 12.8 Å². The van der Waals surface area contributed by atoms with Crippen LogP contribution in [0.4, 0.5) is 0 Å². The van der Waals surface area contributed by atoms with Gasteiger partial charge in [-0.3, -0.25) is 14.4 Å². The number of ether oxygens (including phenoxy) is 3. The van der Waals surface area contributed by atoms with E-state index < -0.39 is 12.1 Å². The van der Waals surface area contributed by atoms with E-state index in [0.29, 0.717) is 12.8 Å². The van der Waals surface area contributed by atoms with E-state index in [1.54, 1.807) is 6.08 Å². The Labute approximate surface area is 350 Å². The Hall–Kier alpha value is -3.41. The maximum absolute atomic E-state index is 12.7. The number of rotatable bonds is 40. The van der Waals surface area contributed by atoms with Gasteiger partial charge >= 0.3 is 17.9 Å². The van der Waals surface area contributed by atoms with Gasteiger partial charge in [-0.1, -0.05) is 196 Å². The number of hydrogen-bond donors (Lipinski definition) is 0. The molecule has 0 bridgehead atoms. The highest BCUT2D eigenvalue weighted by molar-refractivity contribution is 5.72. The third kappa shape index (κ3) is 43.6. The predicted octanol–water partition coefficient (Wildman–Crippen LogP) is 14.9. The van der Waals surface area contributed by atoms with Gasteiger partial charge in [0.2, 0.25) is 0 Å². The molecule has 1 atom stereocenters. The molecule has 0 saturated carbocycles. The fraction of sp³-hybridized carbons (Fsp3) is 0.667. The number of hydrogen-bond acceptors (Lipinski definition) is 6. The highest BCUT2D eigenvalue weighted by Crippen LogP contribution is 2.14. The molecule has 6 heteroatoms. The lowest BCUT2D eigenvalue weighted by molar-refractivity contribution is -0.166. The maximum Gasteiger partial charge on any atom is 0.309 e. The summed E-state index contributed by atoms with van der Waals surface area (Å²) in [6.07, 6.45) is 57.4. The first-order valence-corrected chi connectivity index (χ1v) is 23.1. The Morgan fingerprint density at radius 2 is 0.754 bits per heavy atom. The minimum Gasteiger partial charge on any atom is -0.462 e. The normalized spacial score (nSPS) is 12.8. The van der Waals surface area contributed by atoms with E-state index in [1.165, 1.54) is 70.6 Å². The highest BCUT2D eigenvalue weighted by Gasteiger charge is 2.19. The molecule has 0 amide bonds. The lowest BCUT2D eigenvalue weighted by atomic mass is 10.0. The first kappa shape index (κ1) is 53.6. The molecule has 0 spiro atoms. The van der Waals surface area contributed by atoms with Crippen molar-refractivity contribution in [3.63, 3.8) is 0 Å². The second kappa shape index (κ2) is 45.3. The highest BCUT2D eigenvalue weighted by atomic mass is 16.6. The summed E-state index contributed by atoms with van der Waals surface area (Å²) in [6, 6.07) is 0. The third-order valence-corrected chi connectivity index (χ3v) is 9.43. The van der Waals surface area contributed by atoms with Crippen molar-refractivity contribution in [3.05, 3.63) is 85.1 Å². The van der Waals surface area contributed by atoms with E-state index in [1.807, 2.05) is 6.08 Å². The van der Waals surface area contributed by atoms with Crippen molar-refractivity contribution < 1.29 is 28.6 Å². The van der Waals surface area contributed by atoms with Gasteiger partial charge in [-0.15, -0.1) is 0 Å². The fourth-order valence-electron chi connectivity index (χ4n) is 6.02. The van der Waals surface area contributed by atoms with Crippen LogP contribution in [0.3, 0.4) is 0 Å². The number of allylic oxidation sites excluding steroid dienone is 13. The third-order valence-electron chi connectivity index (χ3n) is 9.43. The molecule has 0 aliphatic carbocycles. The summed E-state index contributed by atoms with van der Waals surface area (Å²) >= 11 is 0. The molecule has 0 heterocycles. The van der Waals surface area contributed by atoms with E-state index >= 15 is 0 Å². The van der Waals surface area contributed by atoms with Gasteiger partial charge in [0.1, 0.15) is 13.2 Å². The van der Waals surface area contributed by atoms with Crippen molar-refractivity contribution in [2.75, 3.05) is 13.2 Å². The summed E-state index contributed by atoms with van der Waals surface area (Å²) < 4.78 is 16.6. The molecule has 57 heavy (non-hydrogen) atoms. The second-order valence-electron chi connectivity index (χ2n) is 14.9. The Balaban J connectivity index is 4.47. The fourth-order valence-corrected chi connectivity index (χ4v) is 6.02. The summed E-state index contributed by atoms with van der Waals surface area (Å²) in [5.41, 5.74) is 0. The van der Waals surface area contributed by atoms with Gasteiger partial charge in [-0.05, 0) is 70.6 Å². The lowest BCUT2D eigenvalue weighted by Gasteiger charge is -2.18. The molecular formula is C51H84O6. The van der Waals surface area contributed by atoms with Crippen molar-refractivity contribution in [1.82, 2.24) is 0 Å². The lowest BCUT2D eigenvalue weighted by Crippen LogP contribution is -2.30. The summed E-state index contributed by atoms with van der Waals surface area (Å²) in [5, 5.41) is 0. The largest absolute Gasteiger partial charge is 0.462 e. The summed E-state index contributed by atoms with van der Waals surface area (Å²) in [7, 11) is 0. The number of carbonyl (C=O) groups excluding carboxylic acids is 3. The smallest absolute Gasteiger partial charge is 0.309 e. The molecule has 0 saturated heterocycles. The van der Waals surface area contributed by atoms with Crippen LogP contribution in [-0.2, 0) is 28.6 Å². The zero-order valence-electron chi connectivity index (χ0n) is 36.8. The minimum atomic E-state index is -0.821. The minimum absolute atomic E-state index is 0.119. The Bertz CT molecular complexity index is 1140. The Morgan fingerprint density at radius 1 is 0.386 bits per heavy atom. The second-order valence-corrected chi connectivity index (χ2v) is 14.9. The predicted molar refractivity (Wildman–Crippen MR) is 242 cm³/mol. The van der Waals surface area contributed by atoms with Gasteiger partial charge in [0.25, 0.3) is 0 Å². The molecule has 324 valence electrons. The molecule has 0 aliphatic heterocycles. The average Bonchev–Trinajstić information content (AvgIpc) is 3.21. The van der Waals surface area contributed by atoms with Crippen LogP contribution in [0, 0.1) is 0 Å². The molecule has 0 fully saturated rings. The first-order chi connectivity index (χ1) is 28.0. The van der Waals surface area contributed by atoms with Crippen molar-refractivity contribution in [3.8, 4) is 0 Å². The van der Waals surface area contributed by atoms with Gasteiger partial charge in [-0.2, -0.15) is 0 Å². The molecule has 0 aromatic carbocycles. The summed E-state index contributed by atoms with van der Waals surface area (Å²) in [4.78, 5) is 37.6. The molecule has 0 rings (SSSR count). The Morgan fingerprint density at radius 3 is 1.23 bits per heavy atom. The molecule has 6 nitrogen and oxygen atoms in total. The zero-order chi connectivity index (χ0) is 41.5. The summed E-state index contributed by atoms with van der Waals surface area (Å²) in [5.74, 6) is -1.08. The molecule has 0 aromatic rings. The van der Waals surface area contributed by atoms with E-state index in [-0.39, 0.29) is 31.6 Å². The van der Waals surface area contributed by atoms with Gasteiger partial charge < -0.3 is 14.2 Å². The van der Waals surface area contributed by atoms with E-state index in [2.05, 4.69) is 93.7 Å². The Kier molecular flexibility index (Phi) is 42.6. The van der Waals surface area contributed by atoms with Crippen LogP contribution in [0.5, 0.6) is 0 Å². The van der Waals surface area contributed by atoms with Crippen molar-refractivity contribution >= 4 is 17.9 Å². The molecule has 0 aromatic heterocycles.